The highest BCUT2D eigenvalue weighted by Crippen LogP contribution is 2.59. The third-order valence-electron chi connectivity index (χ3n) is 7.79. The van der Waals surface area contributed by atoms with Crippen molar-refractivity contribution in [1.82, 2.24) is 9.78 Å². The van der Waals surface area contributed by atoms with Crippen LogP contribution in [0.2, 0.25) is 0 Å². The average molecular weight is 491 g/mol. The highest BCUT2D eigenvalue weighted by Gasteiger charge is 2.57. The maximum atomic E-state index is 14.5. The summed E-state index contributed by atoms with van der Waals surface area (Å²) in [6, 6.07) is 40.7. The van der Waals surface area contributed by atoms with Crippen molar-refractivity contribution in [3.63, 3.8) is 0 Å². The first-order valence-electron chi connectivity index (χ1n) is 12.7. The Labute approximate surface area is 219 Å². The Balaban J connectivity index is 1.58. The number of carbonyl (C=O) groups excluding carboxylic acids is 1. The lowest BCUT2D eigenvalue weighted by atomic mass is 9.66. The van der Waals surface area contributed by atoms with E-state index in [1.807, 2.05) is 83.5 Å². The Kier molecular flexibility index (Phi) is 4.23. The van der Waals surface area contributed by atoms with Crippen molar-refractivity contribution >= 4 is 33.9 Å². The summed E-state index contributed by atoms with van der Waals surface area (Å²) in [6.07, 6.45) is 0. The number of hydrogen-bond donors (Lipinski definition) is 2. The lowest BCUT2D eigenvalue weighted by Gasteiger charge is -2.37. The number of para-hydroxylation sites is 2. The maximum Gasteiger partial charge on any atom is 0.244 e. The summed E-state index contributed by atoms with van der Waals surface area (Å²) in [4.78, 5) is 14.5. The van der Waals surface area contributed by atoms with Crippen LogP contribution in [0.25, 0.3) is 27.7 Å². The van der Waals surface area contributed by atoms with Gasteiger partial charge in [-0.15, -0.1) is 0 Å². The van der Waals surface area contributed by atoms with Gasteiger partial charge in [0, 0.05) is 33.6 Å². The molecule has 2 aliphatic rings. The molecule has 1 aromatic heterocycles. The lowest BCUT2D eigenvalue weighted by Crippen LogP contribution is -2.40. The van der Waals surface area contributed by atoms with E-state index in [1.54, 1.807) is 0 Å². The number of benzene rings is 5. The van der Waals surface area contributed by atoms with Crippen LogP contribution < -0.4 is 10.6 Å². The predicted molar refractivity (Wildman–Crippen MR) is 151 cm³/mol. The molecular formula is C33H22N4O. The van der Waals surface area contributed by atoms with Crippen molar-refractivity contribution in [3.05, 3.63) is 138 Å². The highest BCUT2D eigenvalue weighted by atomic mass is 16.2. The van der Waals surface area contributed by atoms with Crippen molar-refractivity contribution in [3.8, 4) is 16.9 Å². The van der Waals surface area contributed by atoms with E-state index in [2.05, 4.69) is 53.1 Å². The van der Waals surface area contributed by atoms with Gasteiger partial charge in [0.1, 0.15) is 11.2 Å². The van der Waals surface area contributed by atoms with Crippen molar-refractivity contribution in [1.29, 1.82) is 0 Å². The number of amides is 1. The molecule has 0 aliphatic carbocycles. The minimum absolute atomic E-state index is 0.0659. The SMILES string of the molecule is O=C1Nc2ccccc2C12c1c(-c3ccccc3)nn(-c3ccccc3)c1Nc1ccc3ccccc3c12. The van der Waals surface area contributed by atoms with E-state index in [9.17, 15) is 4.79 Å². The molecular weight excluding hydrogens is 468 g/mol. The smallest absolute Gasteiger partial charge is 0.244 e. The van der Waals surface area contributed by atoms with E-state index in [-0.39, 0.29) is 5.91 Å². The zero-order valence-corrected chi connectivity index (χ0v) is 20.3. The number of carbonyl (C=O) groups is 1. The second kappa shape index (κ2) is 7.67. The molecule has 38 heavy (non-hydrogen) atoms. The van der Waals surface area contributed by atoms with Crippen molar-refractivity contribution < 1.29 is 4.79 Å². The average Bonchev–Trinajstić information content (AvgIpc) is 3.50. The first-order chi connectivity index (χ1) is 18.8. The Morgan fingerprint density at radius 1 is 0.632 bits per heavy atom. The van der Waals surface area contributed by atoms with Gasteiger partial charge in [0.2, 0.25) is 5.91 Å². The minimum atomic E-state index is -1.09. The molecule has 3 heterocycles. The van der Waals surface area contributed by atoms with Gasteiger partial charge in [-0.2, -0.15) is 5.10 Å². The predicted octanol–water partition coefficient (Wildman–Crippen LogP) is 7.04. The highest BCUT2D eigenvalue weighted by molar-refractivity contribution is 6.18. The Morgan fingerprint density at radius 2 is 1.34 bits per heavy atom. The molecule has 0 saturated carbocycles. The summed E-state index contributed by atoms with van der Waals surface area (Å²) >= 11 is 0. The van der Waals surface area contributed by atoms with E-state index in [4.69, 9.17) is 5.10 Å². The molecule has 6 aromatic rings. The van der Waals surface area contributed by atoms with Crippen LogP contribution in [0.3, 0.4) is 0 Å². The molecule has 0 radical (unpaired) electrons. The fourth-order valence-corrected chi connectivity index (χ4v) is 6.23. The van der Waals surface area contributed by atoms with Crippen molar-refractivity contribution in [2.75, 3.05) is 10.6 Å². The first kappa shape index (κ1) is 21.0. The van der Waals surface area contributed by atoms with Gasteiger partial charge < -0.3 is 10.6 Å². The number of rotatable bonds is 2. The van der Waals surface area contributed by atoms with Crippen LogP contribution in [-0.4, -0.2) is 15.7 Å². The summed E-state index contributed by atoms with van der Waals surface area (Å²) in [7, 11) is 0. The van der Waals surface area contributed by atoms with Crippen LogP contribution in [0.5, 0.6) is 0 Å². The summed E-state index contributed by atoms with van der Waals surface area (Å²) < 4.78 is 1.94. The first-order valence-corrected chi connectivity index (χ1v) is 12.7. The van der Waals surface area contributed by atoms with Gasteiger partial charge in [-0.05, 0) is 35.0 Å². The second-order valence-electron chi connectivity index (χ2n) is 9.77. The Morgan fingerprint density at radius 3 is 2.18 bits per heavy atom. The molecule has 1 unspecified atom stereocenters. The monoisotopic (exact) mass is 490 g/mol. The third kappa shape index (κ3) is 2.65. The van der Waals surface area contributed by atoms with Crippen LogP contribution in [-0.2, 0) is 10.2 Å². The molecule has 0 saturated heterocycles. The van der Waals surface area contributed by atoms with Gasteiger partial charge in [-0.3, -0.25) is 4.79 Å². The Bertz CT molecular complexity index is 1890. The Hall–Kier alpha value is -5.16. The normalized spacial score (nSPS) is 17.0. The van der Waals surface area contributed by atoms with Crippen LogP contribution in [0, 0.1) is 0 Å². The standard InChI is InChI=1S/C33H22N4O/c38-32-33(25-17-9-10-18-26(25)35-32)28-24-16-8-7-11-21(24)19-20-27(28)34-31-29(33)30(22-12-3-1-4-13-22)36-37(31)23-14-5-2-6-15-23/h1-20,34H,(H,35,38). The lowest BCUT2D eigenvalue weighted by molar-refractivity contribution is -0.118. The quantitative estimate of drug-likeness (QED) is 0.274. The zero-order valence-electron chi connectivity index (χ0n) is 20.3. The molecule has 0 fully saturated rings. The van der Waals surface area contributed by atoms with Gasteiger partial charge in [0.25, 0.3) is 0 Å². The molecule has 5 nitrogen and oxygen atoms in total. The van der Waals surface area contributed by atoms with Gasteiger partial charge in [-0.1, -0.05) is 97.1 Å². The fourth-order valence-electron chi connectivity index (χ4n) is 6.23. The molecule has 8 rings (SSSR count). The number of hydrogen-bond acceptors (Lipinski definition) is 3. The van der Waals surface area contributed by atoms with Gasteiger partial charge in [-0.25, -0.2) is 4.68 Å². The number of aromatic nitrogens is 2. The van der Waals surface area contributed by atoms with Gasteiger partial charge in [0.15, 0.2) is 0 Å². The van der Waals surface area contributed by atoms with Crippen LogP contribution in [0.1, 0.15) is 16.7 Å². The van der Waals surface area contributed by atoms with Crippen LogP contribution in [0.15, 0.2) is 121 Å². The summed E-state index contributed by atoms with van der Waals surface area (Å²) in [5, 5.41) is 14.3. The molecule has 2 aliphatic heterocycles. The third-order valence-corrected chi connectivity index (χ3v) is 7.79. The van der Waals surface area contributed by atoms with E-state index in [1.165, 1.54) is 0 Å². The fraction of sp³-hybridized carbons (Fsp3) is 0.0303. The van der Waals surface area contributed by atoms with E-state index in [0.29, 0.717) is 0 Å². The molecule has 1 spiro atoms. The van der Waals surface area contributed by atoms with Gasteiger partial charge in [0.05, 0.1) is 11.4 Å². The van der Waals surface area contributed by atoms with Crippen LogP contribution in [0.4, 0.5) is 17.2 Å². The maximum absolute atomic E-state index is 14.5. The number of nitrogens with zero attached hydrogens (tertiary/aromatic N) is 2. The van der Waals surface area contributed by atoms with Gasteiger partial charge >= 0.3 is 0 Å². The molecule has 1 atom stereocenters. The van der Waals surface area contributed by atoms with E-state index in [0.717, 1.165) is 61.6 Å². The number of fused-ring (bicyclic) bond motifs is 8. The van der Waals surface area contributed by atoms with E-state index < -0.39 is 5.41 Å². The molecule has 1 amide bonds. The topological polar surface area (TPSA) is 59.0 Å². The zero-order chi connectivity index (χ0) is 25.3. The van der Waals surface area contributed by atoms with Crippen molar-refractivity contribution in [2.24, 2.45) is 0 Å². The van der Waals surface area contributed by atoms with Crippen LogP contribution >= 0.6 is 0 Å². The largest absolute Gasteiger partial charge is 0.340 e. The van der Waals surface area contributed by atoms with E-state index >= 15 is 0 Å². The summed E-state index contributed by atoms with van der Waals surface area (Å²) in [6.45, 7) is 0. The molecule has 5 aromatic carbocycles. The number of anilines is 3. The molecule has 5 heteroatoms. The second-order valence-corrected chi connectivity index (χ2v) is 9.77. The van der Waals surface area contributed by atoms with Crippen molar-refractivity contribution in [2.45, 2.75) is 5.41 Å². The molecule has 2 N–H and O–H groups in total. The summed E-state index contributed by atoms with van der Waals surface area (Å²) in [5.74, 6) is 0.730. The summed E-state index contributed by atoms with van der Waals surface area (Å²) in [5.41, 5.74) is 6.05. The minimum Gasteiger partial charge on any atom is -0.340 e. The molecule has 0 bridgehead atoms. The number of nitrogens with one attached hydrogen (secondary N) is 2. The molecule has 180 valence electrons.